The molecule has 0 spiro atoms. The second-order valence-electron chi connectivity index (χ2n) is 3.93. The zero-order valence-electron chi connectivity index (χ0n) is 9.77. The lowest BCUT2D eigenvalue weighted by Crippen LogP contribution is -1.93. The first-order chi connectivity index (χ1) is 8.17. The van der Waals surface area contributed by atoms with Crippen LogP contribution in [0.2, 0.25) is 0 Å². The van der Waals surface area contributed by atoms with Gasteiger partial charge in [-0.2, -0.15) is 0 Å². The van der Waals surface area contributed by atoms with E-state index in [-0.39, 0.29) is 0 Å². The predicted octanol–water partition coefficient (Wildman–Crippen LogP) is 3.62. The third-order valence-electron chi connectivity index (χ3n) is 2.24. The molecule has 4 heteroatoms. The van der Waals surface area contributed by atoms with Crippen LogP contribution in [0.3, 0.4) is 0 Å². The number of halogens is 1. The SMILES string of the molecule is Cc1cc(C)cc(Oc2ncc(CCl)cn2)c1. The standard InChI is InChI=1S/C13H13ClN2O/c1-9-3-10(2)5-12(4-9)17-13-15-7-11(6-14)8-16-13/h3-5,7-8H,6H2,1-2H3. The topological polar surface area (TPSA) is 35.0 Å². The fraction of sp³-hybridized carbons (Fsp3) is 0.231. The molecule has 0 amide bonds. The van der Waals surface area contributed by atoms with Crippen molar-refractivity contribution < 1.29 is 4.74 Å². The van der Waals surface area contributed by atoms with Gasteiger partial charge in [-0.15, -0.1) is 11.6 Å². The Labute approximate surface area is 105 Å². The second kappa shape index (κ2) is 5.15. The van der Waals surface area contributed by atoms with Gasteiger partial charge in [-0.05, 0) is 37.1 Å². The van der Waals surface area contributed by atoms with Crippen molar-refractivity contribution in [2.24, 2.45) is 0 Å². The Balaban J connectivity index is 2.19. The van der Waals surface area contributed by atoms with Crippen molar-refractivity contribution in [3.8, 4) is 11.8 Å². The quantitative estimate of drug-likeness (QED) is 0.778. The number of hydrogen-bond donors (Lipinski definition) is 0. The number of aromatic nitrogens is 2. The van der Waals surface area contributed by atoms with Crippen LogP contribution in [0, 0.1) is 13.8 Å². The van der Waals surface area contributed by atoms with E-state index in [1.54, 1.807) is 12.4 Å². The molecule has 0 saturated carbocycles. The molecular weight excluding hydrogens is 236 g/mol. The van der Waals surface area contributed by atoms with E-state index in [1.165, 1.54) is 0 Å². The molecule has 1 aromatic heterocycles. The normalized spacial score (nSPS) is 10.3. The van der Waals surface area contributed by atoms with Crippen LogP contribution >= 0.6 is 11.6 Å². The number of hydrogen-bond acceptors (Lipinski definition) is 3. The fourth-order valence-electron chi connectivity index (χ4n) is 1.56. The van der Waals surface area contributed by atoms with Crippen molar-refractivity contribution >= 4 is 11.6 Å². The van der Waals surface area contributed by atoms with E-state index >= 15 is 0 Å². The highest BCUT2D eigenvalue weighted by atomic mass is 35.5. The second-order valence-corrected chi connectivity index (χ2v) is 4.20. The van der Waals surface area contributed by atoms with Gasteiger partial charge < -0.3 is 4.74 Å². The van der Waals surface area contributed by atoms with Crippen LogP contribution in [0.5, 0.6) is 11.8 Å². The highest BCUT2D eigenvalue weighted by Gasteiger charge is 2.02. The summed E-state index contributed by atoms with van der Waals surface area (Å²) in [6.07, 6.45) is 3.33. The van der Waals surface area contributed by atoms with Gasteiger partial charge in [0, 0.05) is 18.0 Å². The number of rotatable bonds is 3. The molecular formula is C13H13ClN2O. The van der Waals surface area contributed by atoms with E-state index in [2.05, 4.69) is 16.0 Å². The summed E-state index contributed by atoms with van der Waals surface area (Å²) in [7, 11) is 0. The largest absolute Gasteiger partial charge is 0.424 e. The van der Waals surface area contributed by atoms with Gasteiger partial charge in [-0.3, -0.25) is 0 Å². The molecule has 1 heterocycles. The molecule has 1 aromatic carbocycles. The first-order valence-electron chi connectivity index (χ1n) is 5.30. The number of aryl methyl sites for hydroxylation is 2. The summed E-state index contributed by atoms with van der Waals surface area (Å²) in [5.74, 6) is 1.16. The molecule has 0 saturated heterocycles. The average Bonchev–Trinajstić information content (AvgIpc) is 2.28. The smallest absolute Gasteiger partial charge is 0.321 e. The number of nitrogens with zero attached hydrogens (tertiary/aromatic N) is 2. The van der Waals surface area contributed by atoms with Gasteiger partial charge in [0.05, 0.1) is 5.88 Å². The van der Waals surface area contributed by atoms with Gasteiger partial charge in [0.1, 0.15) is 5.75 Å². The van der Waals surface area contributed by atoms with Crippen molar-refractivity contribution in [1.82, 2.24) is 9.97 Å². The van der Waals surface area contributed by atoms with Crippen LogP contribution in [0.4, 0.5) is 0 Å². The highest BCUT2D eigenvalue weighted by molar-refractivity contribution is 6.17. The van der Waals surface area contributed by atoms with Crippen LogP contribution in [-0.4, -0.2) is 9.97 Å². The number of ether oxygens (including phenoxy) is 1. The Kier molecular flexibility index (Phi) is 3.59. The van der Waals surface area contributed by atoms with Gasteiger partial charge in [0.25, 0.3) is 0 Å². The molecule has 17 heavy (non-hydrogen) atoms. The van der Waals surface area contributed by atoms with E-state index in [1.807, 2.05) is 26.0 Å². The number of benzene rings is 1. The molecule has 0 fully saturated rings. The molecule has 2 aromatic rings. The molecule has 0 aliphatic heterocycles. The van der Waals surface area contributed by atoms with Crippen LogP contribution in [0.1, 0.15) is 16.7 Å². The Bertz CT molecular complexity index is 491. The maximum absolute atomic E-state index is 5.66. The lowest BCUT2D eigenvalue weighted by Gasteiger charge is -2.06. The molecule has 0 aliphatic rings. The van der Waals surface area contributed by atoms with Crippen molar-refractivity contribution in [3.63, 3.8) is 0 Å². The minimum atomic E-state index is 0.337. The van der Waals surface area contributed by atoms with Gasteiger partial charge in [-0.1, -0.05) is 6.07 Å². The zero-order valence-corrected chi connectivity index (χ0v) is 10.5. The maximum Gasteiger partial charge on any atom is 0.321 e. The Morgan fingerprint density at radius 3 is 2.18 bits per heavy atom. The summed E-state index contributed by atoms with van der Waals surface area (Å²) in [5.41, 5.74) is 3.18. The van der Waals surface area contributed by atoms with E-state index in [9.17, 15) is 0 Å². The van der Waals surface area contributed by atoms with Crippen molar-refractivity contribution in [2.45, 2.75) is 19.7 Å². The summed E-state index contributed by atoms with van der Waals surface area (Å²) in [5, 5.41) is 0. The third-order valence-corrected chi connectivity index (χ3v) is 2.55. The Morgan fingerprint density at radius 1 is 1.06 bits per heavy atom. The van der Waals surface area contributed by atoms with Crippen LogP contribution < -0.4 is 4.74 Å². The van der Waals surface area contributed by atoms with E-state index in [0.29, 0.717) is 11.9 Å². The first-order valence-corrected chi connectivity index (χ1v) is 5.84. The van der Waals surface area contributed by atoms with Gasteiger partial charge in [0.15, 0.2) is 0 Å². The van der Waals surface area contributed by atoms with Gasteiger partial charge in [-0.25, -0.2) is 9.97 Å². The van der Waals surface area contributed by atoms with Crippen molar-refractivity contribution in [2.75, 3.05) is 0 Å². The molecule has 2 rings (SSSR count). The monoisotopic (exact) mass is 248 g/mol. The predicted molar refractivity (Wildman–Crippen MR) is 67.6 cm³/mol. The minimum Gasteiger partial charge on any atom is -0.424 e. The molecule has 0 bridgehead atoms. The maximum atomic E-state index is 5.66. The Morgan fingerprint density at radius 2 is 1.65 bits per heavy atom. The molecule has 88 valence electrons. The minimum absolute atomic E-state index is 0.337. The number of alkyl halides is 1. The fourth-order valence-corrected chi connectivity index (χ4v) is 1.70. The highest BCUT2D eigenvalue weighted by Crippen LogP contribution is 2.20. The zero-order chi connectivity index (χ0) is 12.3. The van der Waals surface area contributed by atoms with E-state index < -0.39 is 0 Å². The molecule has 0 N–H and O–H groups in total. The summed E-state index contributed by atoms with van der Waals surface area (Å²) in [6.45, 7) is 4.05. The summed E-state index contributed by atoms with van der Waals surface area (Å²) >= 11 is 5.66. The first kappa shape index (κ1) is 11.9. The molecule has 3 nitrogen and oxygen atoms in total. The summed E-state index contributed by atoms with van der Waals surface area (Å²) < 4.78 is 5.57. The molecule has 0 aliphatic carbocycles. The summed E-state index contributed by atoms with van der Waals surface area (Å²) in [6, 6.07) is 6.32. The van der Waals surface area contributed by atoms with E-state index in [0.717, 1.165) is 22.4 Å². The molecule has 0 atom stereocenters. The molecule has 0 radical (unpaired) electrons. The van der Waals surface area contributed by atoms with Crippen molar-refractivity contribution in [3.05, 3.63) is 47.3 Å². The average molecular weight is 249 g/mol. The van der Waals surface area contributed by atoms with E-state index in [4.69, 9.17) is 16.3 Å². The van der Waals surface area contributed by atoms with Crippen molar-refractivity contribution in [1.29, 1.82) is 0 Å². The van der Waals surface area contributed by atoms with Gasteiger partial charge >= 0.3 is 6.01 Å². The summed E-state index contributed by atoms with van der Waals surface area (Å²) in [4.78, 5) is 8.17. The van der Waals surface area contributed by atoms with Crippen LogP contribution in [0.25, 0.3) is 0 Å². The molecule has 0 unspecified atom stereocenters. The lowest BCUT2D eigenvalue weighted by atomic mass is 10.1. The Hall–Kier alpha value is -1.61. The lowest BCUT2D eigenvalue weighted by molar-refractivity contribution is 0.440. The van der Waals surface area contributed by atoms with Crippen LogP contribution in [0.15, 0.2) is 30.6 Å². The van der Waals surface area contributed by atoms with Crippen LogP contribution in [-0.2, 0) is 5.88 Å². The third kappa shape index (κ3) is 3.17. The van der Waals surface area contributed by atoms with Gasteiger partial charge in [0.2, 0.25) is 0 Å².